The minimum atomic E-state index is -0.461. The lowest BCUT2D eigenvalue weighted by atomic mass is 10.0. The second-order valence-electron chi connectivity index (χ2n) is 6.24. The number of rotatable bonds is 4. The van der Waals surface area contributed by atoms with Crippen molar-refractivity contribution in [3.05, 3.63) is 51.3 Å². The first kappa shape index (κ1) is 16.2. The summed E-state index contributed by atoms with van der Waals surface area (Å²) in [7, 11) is 0. The van der Waals surface area contributed by atoms with Crippen LogP contribution in [-0.2, 0) is 6.42 Å². The number of nitrogens with zero attached hydrogens (tertiary/aromatic N) is 2. The first-order valence-corrected chi connectivity index (χ1v) is 8.14. The van der Waals surface area contributed by atoms with Crippen LogP contribution in [0, 0.1) is 30.0 Å². The maximum atomic E-state index is 13.7. The van der Waals surface area contributed by atoms with Crippen LogP contribution in [0.3, 0.4) is 0 Å². The molecule has 124 valence electrons. The van der Waals surface area contributed by atoms with E-state index >= 15 is 0 Å². The number of hydrogen-bond donors (Lipinski definition) is 2. The van der Waals surface area contributed by atoms with Crippen molar-refractivity contribution >= 4 is 11.5 Å². The minimum absolute atomic E-state index is 0.0890. The summed E-state index contributed by atoms with van der Waals surface area (Å²) in [5, 5.41) is 12.2. The smallest absolute Gasteiger partial charge is 0.271 e. The summed E-state index contributed by atoms with van der Waals surface area (Å²) in [6.07, 6.45) is 5.38. The molecule has 1 aromatic heterocycles. The molecule has 1 aliphatic carbocycles. The zero-order valence-electron chi connectivity index (χ0n) is 13.5. The third-order valence-electron chi connectivity index (χ3n) is 4.56. The Morgan fingerprint density at radius 2 is 2.17 bits per heavy atom. The van der Waals surface area contributed by atoms with Gasteiger partial charge in [-0.3, -0.25) is 4.79 Å². The summed E-state index contributed by atoms with van der Waals surface area (Å²) in [4.78, 5) is 19.3. The number of aromatic amines is 1. The minimum Gasteiger partial charge on any atom is -0.339 e. The molecule has 0 radical (unpaired) electrons. The number of nitriles is 1. The Bertz CT molecular complexity index is 847. The molecule has 0 saturated heterocycles. The topological polar surface area (TPSA) is 81.6 Å². The van der Waals surface area contributed by atoms with Crippen LogP contribution in [0.5, 0.6) is 0 Å². The number of benzene rings is 1. The van der Waals surface area contributed by atoms with Crippen LogP contribution < -0.4 is 10.9 Å². The Balaban J connectivity index is 1.95. The molecule has 1 fully saturated rings. The highest BCUT2D eigenvalue weighted by Gasteiger charge is 2.19. The normalized spacial score (nSPS) is 14.5. The Morgan fingerprint density at radius 1 is 1.42 bits per heavy atom. The lowest BCUT2D eigenvalue weighted by Gasteiger charge is -2.13. The van der Waals surface area contributed by atoms with Crippen molar-refractivity contribution in [2.24, 2.45) is 5.92 Å². The van der Waals surface area contributed by atoms with Crippen molar-refractivity contribution in [2.75, 3.05) is 5.32 Å². The molecule has 1 heterocycles. The monoisotopic (exact) mass is 326 g/mol. The van der Waals surface area contributed by atoms with Crippen molar-refractivity contribution in [3.8, 4) is 6.07 Å². The molecule has 0 aliphatic heterocycles. The van der Waals surface area contributed by atoms with Crippen molar-refractivity contribution in [1.82, 2.24) is 9.97 Å². The summed E-state index contributed by atoms with van der Waals surface area (Å²) < 4.78 is 13.7. The van der Waals surface area contributed by atoms with Crippen molar-refractivity contribution in [3.63, 3.8) is 0 Å². The standard InChI is InChI=1S/C18H19FN4O/c1-11-14(19)7-4-8-15(11)21-17-13(10-20)18(24)23-16(22-17)9-12-5-2-3-6-12/h4,7-8,12H,2-3,5-6,9H2,1H3,(H2,21,22,23,24). The summed E-state index contributed by atoms with van der Waals surface area (Å²) in [6, 6.07) is 6.51. The van der Waals surface area contributed by atoms with E-state index in [0.717, 1.165) is 12.8 Å². The molecular weight excluding hydrogens is 307 g/mol. The third-order valence-corrected chi connectivity index (χ3v) is 4.56. The third kappa shape index (κ3) is 3.30. The lowest BCUT2D eigenvalue weighted by Crippen LogP contribution is -2.19. The van der Waals surface area contributed by atoms with Crippen LogP contribution in [-0.4, -0.2) is 9.97 Å². The summed E-state index contributed by atoms with van der Waals surface area (Å²) in [5.41, 5.74) is 0.364. The number of anilines is 2. The van der Waals surface area contributed by atoms with Crippen LogP contribution in [0.1, 0.15) is 42.6 Å². The van der Waals surface area contributed by atoms with Crippen LogP contribution in [0.2, 0.25) is 0 Å². The van der Waals surface area contributed by atoms with E-state index in [1.54, 1.807) is 19.1 Å². The Kier molecular flexibility index (Phi) is 4.61. The van der Waals surface area contributed by atoms with Crippen LogP contribution in [0.4, 0.5) is 15.9 Å². The van der Waals surface area contributed by atoms with E-state index in [2.05, 4.69) is 15.3 Å². The molecule has 0 atom stereocenters. The fraction of sp³-hybridized carbons (Fsp3) is 0.389. The van der Waals surface area contributed by atoms with Gasteiger partial charge in [0.25, 0.3) is 5.56 Å². The van der Waals surface area contributed by atoms with Gasteiger partial charge in [0.15, 0.2) is 11.4 Å². The summed E-state index contributed by atoms with van der Waals surface area (Å²) in [6.45, 7) is 1.64. The van der Waals surface area contributed by atoms with E-state index < -0.39 is 5.56 Å². The van der Waals surface area contributed by atoms with E-state index in [1.165, 1.54) is 18.9 Å². The molecule has 1 aromatic carbocycles. The van der Waals surface area contributed by atoms with Crippen LogP contribution >= 0.6 is 0 Å². The average molecular weight is 326 g/mol. The van der Waals surface area contributed by atoms with E-state index in [4.69, 9.17) is 0 Å². The second kappa shape index (κ2) is 6.83. The first-order chi connectivity index (χ1) is 11.6. The lowest BCUT2D eigenvalue weighted by molar-refractivity contribution is 0.529. The van der Waals surface area contributed by atoms with Crippen LogP contribution in [0.15, 0.2) is 23.0 Å². The molecule has 0 bridgehead atoms. The number of aromatic nitrogens is 2. The van der Waals surface area contributed by atoms with Crippen molar-refractivity contribution in [2.45, 2.75) is 39.0 Å². The fourth-order valence-corrected chi connectivity index (χ4v) is 3.17. The SMILES string of the molecule is Cc1c(F)cccc1Nc1nc(CC2CCCC2)[nH]c(=O)c1C#N. The number of H-pyrrole nitrogens is 1. The van der Waals surface area contributed by atoms with E-state index in [1.807, 2.05) is 6.07 Å². The first-order valence-electron chi connectivity index (χ1n) is 8.14. The number of nitrogens with one attached hydrogen (secondary N) is 2. The molecular formula is C18H19FN4O. The Labute approximate surface area is 139 Å². The van der Waals surface area contributed by atoms with Crippen molar-refractivity contribution in [1.29, 1.82) is 5.26 Å². The van der Waals surface area contributed by atoms with Gasteiger partial charge in [-0.1, -0.05) is 31.7 Å². The molecule has 3 rings (SSSR count). The van der Waals surface area contributed by atoms with Gasteiger partial charge in [0.1, 0.15) is 17.7 Å². The van der Waals surface area contributed by atoms with Gasteiger partial charge in [0, 0.05) is 17.7 Å². The predicted octanol–water partition coefficient (Wildman–Crippen LogP) is 3.57. The van der Waals surface area contributed by atoms with Crippen molar-refractivity contribution < 1.29 is 4.39 Å². The Hall–Kier alpha value is -2.68. The van der Waals surface area contributed by atoms with Crippen LogP contribution in [0.25, 0.3) is 0 Å². The number of hydrogen-bond acceptors (Lipinski definition) is 4. The molecule has 6 heteroatoms. The summed E-state index contributed by atoms with van der Waals surface area (Å²) in [5.74, 6) is 0.921. The van der Waals surface area contributed by atoms with Gasteiger partial charge in [-0.05, 0) is 25.0 Å². The molecule has 2 aromatic rings. The molecule has 5 nitrogen and oxygen atoms in total. The highest BCUT2D eigenvalue weighted by molar-refractivity contribution is 5.64. The van der Waals surface area contributed by atoms with Gasteiger partial charge >= 0.3 is 0 Å². The maximum absolute atomic E-state index is 13.7. The van der Waals surface area contributed by atoms with E-state index in [-0.39, 0.29) is 17.2 Å². The highest BCUT2D eigenvalue weighted by atomic mass is 19.1. The molecule has 0 unspecified atom stereocenters. The second-order valence-corrected chi connectivity index (χ2v) is 6.24. The molecule has 0 spiro atoms. The molecule has 0 amide bonds. The Morgan fingerprint density at radius 3 is 2.88 bits per heavy atom. The fourth-order valence-electron chi connectivity index (χ4n) is 3.17. The molecule has 24 heavy (non-hydrogen) atoms. The van der Waals surface area contributed by atoms with Gasteiger partial charge < -0.3 is 10.3 Å². The van der Waals surface area contributed by atoms with Gasteiger partial charge in [-0.2, -0.15) is 5.26 Å². The van der Waals surface area contributed by atoms with E-state index in [0.29, 0.717) is 29.4 Å². The molecule has 1 aliphatic rings. The quantitative estimate of drug-likeness (QED) is 0.900. The van der Waals surface area contributed by atoms with Gasteiger partial charge in [-0.15, -0.1) is 0 Å². The largest absolute Gasteiger partial charge is 0.339 e. The predicted molar refractivity (Wildman–Crippen MR) is 89.7 cm³/mol. The maximum Gasteiger partial charge on any atom is 0.271 e. The molecule has 2 N–H and O–H groups in total. The summed E-state index contributed by atoms with van der Waals surface area (Å²) >= 11 is 0. The van der Waals surface area contributed by atoms with Gasteiger partial charge in [0.05, 0.1) is 0 Å². The average Bonchev–Trinajstić information content (AvgIpc) is 3.05. The van der Waals surface area contributed by atoms with Gasteiger partial charge in [0.2, 0.25) is 0 Å². The number of halogens is 1. The highest BCUT2D eigenvalue weighted by Crippen LogP contribution is 2.28. The zero-order valence-corrected chi connectivity index (χ0v) is 13.5. The van der Waals surface area contributed by atoms with E-state index in [9.17, 15) is 14.4 Å². The van der Waals surface area contributed by atoms with Gasteiger partial charge in [-0.25, -0.2) is 9.37 Å². The zero-order chi connectivity index (χ0) is 17.1. The molecule has 1 saturated carbocycles.